The number of ketones is 1. The molecule has 2 aliphatic rings. The summed E-state index contributed by atoms with van der Waals surface area (Å²) >= 11 is 0. The lowest BCUT2D eigenvalue weighted by atomic mass is 9.84. The molecule has 0 fully saturated rings. The minimum Gasteiger partial charge on any atom is -0.491 e. The number of aromatic nitrogens is 1. The molecule has 3 rings (SSSR count). The Hall–Kier alpha value is -1.64. The normalized spacial score (nSPS) is 21.6. The Kier molecular flexibility index (Phi) is 2.12. The van der Waals surface area contributed by atoms with Gasteiger partial charge in [0, 0.05) is 30.8 Å². The Balaban J connectivity index is 2.02. The molecule has 17 heavy (non-hydrogen) atoms. The summed E-state index contributed by atoms with van der Waals surface area (Å²) in [6.07, 6.45) is 5.52. The van der Waals surface area contributed by atoms with E-state index in [1.54, 1.807) is 6.20 Å². The fraction of sp³-hybridized carbons (Fsp3) is 0.429. The number of hydrogen-bond donors (Lipinski definition) is 0. The highest BCUT2D eigenvalue weighted by atomic mass is 16.5. The van der Waals surface area contributed by atoms with Crippen molar-refractivity contribution in [3.8, 4) is 0 Å². The second kappa shape index (κ2) is 3.42. The summed E-state index contributed by atoms with van der Waals surface area (Å²) in [6.45, 7) is 3.94. The molecule has 0 saturated heterocycles. The smallest absolute Gasteiger partial charge is 0.166 e. The molecule has 1 aromatic heterocycles. The molecule has 0 amide bonds. The lowest BCUT2D eigenvalue weighted by molar-refractivity contribution is -0.123. The predicted octanol–water partition coefficient (Wildman–Crippen LogP) is 2.20. The quantitative estimate of drug-likeness (QED) is 0.684. The molecule has 1 aliphatic heterocycles. The fourth-order valence-electron chi connectivity index (χ4n) is 2.57. The van der Waals surface area contributed by atoms with Crippen LogP contribution in [-0.4, -0.2) is 16.4 Å². The van der Waals surface area contributed by atoms with E-state index in [0.717, 1.165) is 23.3 Å². The van der Waals surface area contributed by atoms with E-state index in [1.807, 2.05) is 26.1 Å². The summed E-state index contributed by atoms with van der Waals surface area (Å²) in [5.74, 6) is 1.09. The third-order valence-corrected chi connectivity index (χ3v) is 3.38. The molecule has 0 aromatic carbocycles. The van der Waals surface area contributed by atoms with Gasteiger partial charge in [-0.25, -0.2) is 0 Å². The number of carbonyl (C=O) groups is 1. The van der Waals surface area contributed by atoms with E-state index >= 15 is 0 Å². The number of hydrogen-bond acceptors (Lipinski definition) is 3. The summed E-state index contributed by atoms with van der Waals surface area (Å²) in [4.78, 5) is 16.2. The lowest BCUT2D eigenvalue weighted by Gasteiger charge is -2.35. The van der Waals surface area contributed by atoms with Crippen molar-refractivity contribution in [1.82, 2.24) is 4.98 Å². The van der Waals surface area contributed by atoms with Crippen LogP contribution in [0.25, 0.3) is 0 Å². The van der Waals surface area contributed by atoms with Crippen LogP contribution in [0, 0.1) is 0 Å². The van der Waals surface area contributed by atoms with Crippen molar-refractivity contribution in [1.29, 1.82) is 0 Å². The average Bonchev–Trinajstić information content (AvgIpc) is 2.25. The van der Waals surface area contributed by atoms with Gasteiger partial charge in [-0.3, -0.25) is 9.78 Å². The van der Waals surface area contributed by atoms with E-state index in [1.165, 1.54) is 5.56 Å². The number of Topliss-reactive ketones (excluding diaryl/α,β-unsaturated/α-hetero) is 1. The average molecular weight is 229 g/mol. The Morgan fingerprint density at radius 2 is 2.12 bits per heavy atom. The maximum atomic E-state index is 12.1. The van der Waals surface area contributed by atoms with Gasteiger partial charge in [0.1, 0.15) is 11.4 Å². The first-order valence-electron chi connectivity index (χ1n) is 5.91. The van der Waals surface area contributed by atoms with Gasteiger partial charge >= 0.3 is 0 Å². The van der Waals surface area contributed by atoms with Gasteiger partial charge in [-0.15, -0.1) is 0 Å². The number of rotatable bonds is 0. The highest BCUT2D eigenvalue weighted by molar-refractivity contribution is 5.98. The molecular formula is C14H15NO2. The zero-order valence-corrected chi connectivity index (χ0v) is 10.1. The number of allylic oxidation sites excluding steroid dienone is 2. The minimum atomic E-state index is -0.361. The third-order valence-electron chi connectivity index (χ3n) is 3.38. The summed E-state index contributed by atoms with van der Waals surface area (Å²) in [5.41, 5.74) is 2.87. The zero-order chi connectivity index (χ0) is 12.0. The highest BCUT2D eigenvalue weighted by Crippen LogP contribution is 2.36. The van der Waals surface area contributed by atoms with Gasteiger partial charge < -0.3 is 4.74 Å². The van der Waals surface area contributed by atoms with E-state index in [2.05, 4.69) is 4.98 Å². The number of nitrogens with zero attached hydrogens (tertiary/aromatic N) is 1. The first kappa shape index (κ1) is 10.5. The lowest BCUT2D eigenvalue weighted by Crippen LogP contribution is -2.36. The Morgan fingerprint density at radius 1 is 1.29 bits per heavy atom. The molecule has 2 heterocycles. The van der Waals surface area contributed by atoms with Gasteiger partial charge in [-0.2, -0.15) is 0 Å². The van der Waals surface area contributed by atoms with Crippen molar-refractivity contribution in [3.05, 3.63) is 40.9 Å². The van der Waals surface area contributed by atoms with Crippen molar-refractivity contribution in [2.45, 2.75) is 38.7 Å². The molecule has 0 unspecified atom stereocenters. The molecule has 1 aliphatic carbocycles. The molecule has 0 radical (unpaired) electrons. The van der Waals surface area contributed by atoms with Crippen LogP contribution < -0.4 is 0 Å². The van der Waals surface area contributed by atoms with Crippen molar-refractivity contribution in [2.75, 3.05) is 0 Å². The topological polar surface area (TPSA) is 39.2 Å². The Morgan fingerprint density at radius 3 is 2.94 bits per heavy atom. The summed E-state index contributed by atoms with van der Waals surface area (Å²) in [7, 11) is 0. The second-order valence-electron chi connectivity index (χ2n) is 5.36. The minimum absolute atomic E-state index is 0.228. The first-order valence-corrected chi connectivity index (χ1v) is 5.91. The molecule has 3 heteroatoms. The van der Waals surface area contributed by atoms with Gasteiger partial charge in [0.2, 0.25) is 0 Å². The van der Waals surface area contributed by atoms with Gasteiger partial charge in [0.15, 0.2) is 5.78 Å². The maximum absolute atomic E-state index is 12.1. The fourth-order valence-corrected chi connectivity index (χ4v) is 2.57. The largest absolute Gasteiger partial charge is 0.491 e. The van der Waals surface area contributed by atoms with E-state index in [9.17, 15) is 4.79 Å². The maximum Gasteiger partial charge on any atom is 0.166 e. The third kappa shape index (κ3) is 1.75. The summed E-state index contributed by atoms with van der Waals surface area (Å²) < 4.78 is 5.94. The molecule has 0 bridgehead atoms. The van der Waals surface area contributed by atoms with Crippen LogP contribution >= 0.6 is 0 Å². The van der Waals surface area contributed by atoms with Crippen molar-refractivity contribution >= 4 is 5.78 Å². The molecule has 88 valence electrons. The summed E-state index contributed by atoms with van der Waals surface area (Å²) in [6, 6.07) is 2.01. The number of fused-ring (bicyclic) bond motifs is 1. The van der Waals surface area contributed by atoms with Gasteiger partial charge in [-0.05, 0) is 31.0 Å². The molecule has 0 spiro atoms. The SMILES string of the molecule is CC1(C)CC(=O)C2=C(Cc3ccncc3C2)O1. The summed E-state index contributed by atoms with van der Waals surface area (Å²) in [5, 5.41) is 0. The van der Waals surface area contributed by atoms with Crippen LogP contribution in [0.15, 0.2) is 29.8 Å². The zero-order valence-electron chi connectivity index (χ0n) is 10.1. The molecule has 1 aromatic rings. The van der Waals surface area contributed by atoms with Crippen LogP contribution in [0.3, 0.4) is 0 Å². The van der Waals surface area contributed by atoms with E-state index < -0.39 is 0 Å². The highest BCUT2D eigenvalue weighted by Gasteiger charge is 2.36. The van der Waals surface area contributed by atoms with E-state index in [0.29, 0.717) is 12.8 Å². The van der Waals surface area contributed by atoms with Gasteiger partial charge in [-0.1, -0.05) is 0 Å². The van der Waals surface area contributed by atoms with E-state index in [4.69, 9.17) is 4.74 Å². The van der Waals surface area contributed by atoms with Gasteiger partial charge in [0.05, 0.1) is 6.42 Å². The Labute approximate surface area is 101 Å². The standard InChI is InChI=1S/C14H15NO2/c1-14(2)7-12(16)11-5-10-8-15-4-3-9(10)6-13(11)17-14/h3-4,8H,5-7H2,1-2H3. The van der Waals surface area contributed by atoms with Crippen molar-refractivity contribution < 1.29 is 9.53 Å². The predicted molar refractivity (Wildman–Crippen MR) is 63.5 cm³/mol. The van der Waals surface area contributed by atoms with Crippen molar-refractivity contribution in [2.24, 2.45) is 0 Å². The monoisotopic (exact) mass is 229 g/mol. The molecule has 0 saturated carbocycles. The molecule has 0 N–H and O–H groups in total. The van der Waals surface area contributed by atoms with Crippen LogP contribution in [0.4, 0.5) is 0 Å². The molecule has 0 atom stereocenters. The molecular weight excluding hydrogens is 214 g/mol. The van der Waals surface area contributed by atoms with Gasteiger partial charge in [0.25, 0.3) is 0 Å². The van der Waals surface area contributed by atoms with Crippen LogP contribution in [0.2, 0.25) is 0 Å². The first-order chi connectivity index (χ1) is 8.05. The Bertz CT molecular complexity index is 529. The van der Waals surface area contributed by atoms with Crippen LogP contribution in [-0.2, 0) is 22.4 Å². The van der Waals surface area contributed by atoms with Crippen LogP contribution in [0.1, 0.15) is 31.4 Å². The number of carbonyl (C=O) groups excluding carboxylic acids is 1. The number of pyridine rings is 1. The van der Waals surface area contributed by atoms with Crippen LogP contribution in [0.5, 0.6) is 0 Å². The van der Waals surface area contributed by atoms with E-state index in [-0.39, 0.29) is 11.4 Å². The second-order valence-corrected chi connectivity index (χ2v) is 5.36. The van der Waals surface area contributed by atoms with Crippen molar-refractivity contribution in [3.63, 3.8) is 0 Å². The number of ether oxygens (including phenoxy) is 1. The molecule has 3 nitrogen and oxygen atoms in total.